The molecular weight excluding hydrogens is 1060 g/mol. The lowest BCUT2D eigenvalue weighted by Gasteiger charge is -2.35. The van der Waals surface area contributed by atoms with Crippen molar-refractivity contribution in [1.82, 2.24) is 49.5 Å². The van der Waals surface area contributed by atoms with Crippen LogP contribution in [0, 0.1) is 6.92 Å². The summed E-state index contributed by atoms with van der Waals surface area (Å²) in [6.07, 6.45) is 16.1. The largest absolute Gasteiger partial charge is 0.385 e. The molecule has 80 heavy (non-hydrogen) atoms. The third kappa shape index (κ3) is 12.5. The molecule has 2 unspecified atom stereocenters. The van der Waals surface area contributed by atoms with Crippen molar-refractivity contribution in [1.29, 1.82) is 0 Å². The van der Waals surface area contributed by atoms with Crippen molar-refractivity contribution in [2.45, 2.75) is 102 Å². The molecule has 3 aromatic carbocycles. The van der Waals surface area contributed by atoms with E-state index in [0.717, 1.165) is 72.9 Å². The van der Waals surface area contributed by atoms with Crippen molar-refractivity contribution in [3.63, 3.8) is 0 Å². The lowest BCUT2D eigenvalue weighted by Crippen LogP contribution is -2.37. The number of ketones is 2. The van der Waals surface area contributed by atoms with E-state index in [9.17, 15) is 18.0 Å². The summed E-state index contributed by atoms with van der Waals surface area (Å²) < 4.78 is 32.9. The average molecular weight is 1130 g/mol. The van der Waals surface area contributed by atoms with Gasteiger partial charge in [-0.3, -0.25) is 23.3 Å². The molecule has 0 bridgehead atoms. The summed E-state index contributed by atoms with van der Waals surface area (Å²) in [7, 11) is -0.177. The summed E-state index contributed by atoms with van der Waals surface area (Å²) in [5.74, 6) is 1.12. The van der Waals surface area contributed by atoms with Crippen molar-refractivity contribution in [3.8, 4) is 22.5 Å². The molecule has 2 atom stereocenters. The minimum Gasteiger partial charge on any atom is -0.385 e. The van der Waals surface area contributed by atoms with Crippen LogP contribution < -0.4 is 20.3 Å². The van der Waals surface area contributed by atoms with Crippen LogP contribution in [0.5, 0.6) is 0 Å². The first-order chi connectivity index (χ1) is 38.1. The average Bonchev–Trinajstić information content (AvgIpc) is 4.39. The number of aromatic nitrogens is 10. The number of thiazole rings is 2. The number of nitrogens with zero attached hydrogens (tertiary/aromatic N) is 11. The number of rotatable bonds is 14. The molecule has 0 aliphatic carbocycles. The molecule has 3 N–H and O–H groups in total. The molecule has 6 aromatic heterocycles. The van der Waals surface area contributed by atoms with E-state index >= 15 is 0 Å². The maximum Gasteiger partial charge on any atom is 0.264 e. The molecule has 8 heterocycles. The fraction of sp³-hybridized carbons (Fsp3) is 0.322. The van der Waals surface area contributed by atoms with Crippen molar-refractivity contribution < 1.29 is 18.0 Å². The summed E-state index contributed by atoms with van der Waals surface area (Å²) in [6.45, 7) is 15.6. The quantitative estimate of drug-likeness (QED) is 0.0862. The molecule has 0 fully saturated rings. The van der Waals surface area contributed by atoms with Crippen LogP contribution >= 0.6 is 22.7 Å². The number of sulfonamides is 1. The number of carbonyl (C=O) groups excluding carboxylic acids is 2. The van der Waals surface area contributed by atoms with E-state index in [4.69, 9.17) is 4.98 Å². The third-order valence-corrected chi connectivity index (χ3v) is 18.6. The van der Waals surface area contributed by atoms with Crippen LogP contribution in [0.2, 0.25) is 0 Å². The Kier molecular flexibility index (Phi) is 15.6. The Morgan fingerprint density at radius 2 is 1.16 bits per heavy atom. The second-order valence-electron chi connectivity index (χ2n) is 22.3. The normalized spacial score (nSPS) is 15.2. The number of aryl methyl sites for hydroxylation is 3. The van der Waals surface area contributed by atoms with Crippen LogP contribution in [-0.2, 0) is 34.9 Å². The van der Waals surface area contributed by atoms with Crippen LogP contribution in [0.1, 0.15) is 125 Å². The Morgan fingerprint density at radius 1 is 0.650 bits per heavy atom. The van der Waals surface area contributed by atoms with E-state index in [0.29, 0.717) is 41.0 Å². The number of hydrogen-bond donors (Lipinski definition) is 3. The summed E-state index contributed by atoms with van der Waals surface area (Å²) in [5, 5.41) is 20.1. The first-order valence-electron chi connectivity index (χ1n) is 26.4. The van der Waals surface area contributed by atoms with Crippen molar-refractivity contribution in [2.75, 3.05) is 33.3 Å². The predicted molar refractivity (Wildman–Crippen MR) is 316 cm³/mol. The highest BCUT2D eigenvalue weighted by Crippen LogP contribution is 2.44. The molecular formula is C59H64N14O4S3. The smallest absolute Gasteiger partial charge is 0.264 e. The van der Waals surface area contributed by atoms with E-state index in [-0.39, 0.29) is 52.1 Å². The van der Waals surface area contributed by atoms with Crippen LogP contribution in [0.25, 0.3) is 22.5 Å². The maximum absolute atomic E-state index is 14.0. The van der Waals surface area contributed by atoms with Gasteiger partial charge in [0.2, 0.25) is 11.9 Å². The fourth-order valence-electron chi connectivity index (χ4n) is 9.62. The molecule has 18 nitrogen and oxygen atoms in total. The Labute approximate surface area is 474 Å². The number of hydrogen-bond acceptors (Lipinski definition) is 17. The lowest BCUT2D eigenvalue weighted by molar-refractivity contribution is 0.0967. The minimum atomic E-state index is -3.87. The van der Waals surface area contributed by atoms with Crippen LogP contribution in [0.15, 0.2) is 127 Å². The topological polar surface area (TPSA) is 221 Å². The van der Waals surface area contributed by atoms with Gasteiger partial charge in [-0.15, -0.1) is 22.7 Å². The van der Waals surface area contributed by atoms with E-state index in [1.807, 2.05) is 57.7 Å². The number of nitrogens with one attached hydrogen (secondary N) is 3. The van der Waals surface area contributed by atoms with Gasteiger partial charge in [-0.05, 0) is 79.1 Å². The molecule has 11 rings (SSSR count). The van der Waals surface area contributed by atoms with Gasteiger partial charge in [0.05, 0.1) is 65.5 Å². The fourth-order valence-corrected chi connectivity index (χ4v) is 13.0. The third-order valence-electron chi connectivity index (χ3n) is 13.9. The van der Waals surface area contributed by atoms with Crippen LogP contribution in [0.4, 0.5) is 34.6 Å². The zero-order chi connectivity index (χ0) is 56.5. The molecule has 2 aliphatic heterocycles. The molecule has 0 spiro atoms. The van der Waals surface area contributed by atoms with E-state index in [1.54, 1.807) is 76.9 Å². The van der Waals surface area contributed by atoms with Gasteiger partial charge < -0.3 is 16.0 Å². The first-order valence-corrected chi connectivity index (χ1v) is 29.5. The van der Waals surface area contributed by atoms with Gasteiger partial charge in [0, 0.05) is 105 Å². The Hall–Kier alpha value is -8.01. The van der Waals surface area contributed by atoms with Gasteiger partial charge in [0.25, 0.3) is 10.0 Å². The zero-order valence-corrected chi connectivity index (χ0v) is 48.7. The molecule has 2 aliphatic rings. The molecule has 0 radical (unpaired) electrons. The second-order valence-corrected chi connectivity index (χ2v) is 26.2. The van der Waals surface area contributed by atoms with Gasteiger partial charge in [0.15, 0.2) is 11.6 Å². The summed E-state index contributed by atoms with van der Waals surface area (Å²) in [4.78, 5) is 55.2. The minimum absolute atomic E-state index is 0.0137. The highest BCUT2D eigenvalue weighted by Gasteiger charge is 2.35. The predicted octanol–water partition coefficient (Wildman–Crippen LogP) is 12.2. The van der Waals surface area contributed by atoms with Gasteiger partial charge >= 0.3 is 0 Å². The highest BCUT2D eigenvalue weighted by atomic mass is 32.2. The first kappa shape index (κ1) is 55.3. The SMILES string of the molecule is Cc1ccc(S(=O)(=O)N2CCC(CC(=O)c3cnc(C(C)(C)C)s3)c3ccc(-c4ccnc(Nc5cnn(C)c5)n4)cc32)cc1.Cn1cc(Nc2nccc(-c3ccc4c(c3)NCCC4CC(=O)c3cnc(C(C)(C)C)s3)n2)cn1. The Balaban J connectivity index is 0.000000186. The van der Waals surface area contributed by atoms with Crippen molar-refractivity contribution >= 4 is 78.9 Å². The summed E-state index contributed by atoms with van der Waals surface area (Å²) in [6, 6.07) is 22.6. The zero-order valence-electron chi connectivity index (χ0n) is 46.2. The lowest BCUT2D eigenvalue weighted by atomic mass is 9.86. The Bertz CT molecular complexity index is 3830. The van der Waals surface area contributed by atoms with Gasteiger partial charge in [-0.1, -0.05) is 83.5 Å². The number of anilines is 6. The van der Waals surface area contributed by atoms with E-state index in [1.165, 1.54) is 32.5 Å². The second kappa shape index (κ2) is 22.6. The van der Waals surface area contributed by atoms with Gasteiger partial charge in [0.1, 0.15) is 0 Å². The van der Waals surface area contributed by atoms with Crippen molar-refractivity contribution in [2.24, 2.45) is 14.1 Å². The monoisotopic (exact) mass is 1130 g/mol. The van der Waals surface area contributed by atoms with Crippen molar-refractivity contribution in [3.05, 3.63) is 159 Å². The standard InChI is InChI=1S/C33H35N7O3S2.C26H29N7OS/c1-21-6-9-25(10-7-21)45(42,43)40-15-13-22(17-29(41)30-19-35-31(44-30)33(2,3)4)26-11-8-23(16-28(26)40)27-12-14-34-32(38-27)37-24-18-36-39(5)20-24;1-26(2,3)24-29-14-23(35-24)22(34)12-16-7-9-27-21-11-17(5-6-19(16)21)20-8-10-28-25(32-20)31-18-13-30-33(4)15-18/h6-12,14,16,18-20,22H,13,15,17H2,1-5H3,(H,34,37,38);5-6,8,10-11,13-16,27H,7,9,12H2,1-4H3,(H,28,31,32). The van der Waals surface area contributed by atoms with E-state index in [2.05, 4.69) is 111 Å². The molecule has 412 valence electrons. The molecule has 9 aromatic rings. The summed E-state index contributed by atoms with van der Waals surface area (Å²) >= 11 is 2.95. The number of Topliss-reactive ketones (excluding diaryl/α,β-unsaturated/α-hetero) is 2. The number of fused-ring (bicyclic) bond motifs is 2. The highest BCUT2D eigenvalue weighted by molar-refractivity contribution is 7.92. The Morgan fingerprint density at radius 3 is 1.66 bits per heavy atom. The number of carbonyl (C=O) groups is 2. The molecule has 21 heteroatoms. The van der Waals surface area contributed by atoms with Crippen LogP contribution in [0.3, 0.4) is 0 Å². The maximum atomic E-state index is 14.0. The number of benzene rings is 3. The van der Waals surface area contributed by atoms with Crippen LogP contribution in [-0.4, -0.2) is 82.5 Å². The van der Waals surface area contributed by atoms with E-state index < -0.39 is 10.0 Å². The molecule has 0 amide bonds. The van der Waals surface area contributed by atoms with Gasteiger partial charge in [-0.25, -0.2) is 38.3 Å². The molecule has 0 saturated heterocycles. The molecule has 0 saturated carbocycles. The summed E-state index contributed by atoms with van der Waals surface area (Å²) in [5.41, 5.74) is 9.17. The van der Waals surface area contributed by atoms with Gasteiger partial charge in [-0.2, -0.15) is 10.2 Å².